The summed E-state index contributed by atoms with van der Waals surface area (Å²) in [4.78, 5) is 6.95. The number of methoxy groups -OCH3 is 1. The molecule has 0 bridgehead atoms. The van der Waals surface area contributed by atoms with Crippen LogP contribution in [0.25, 0.3) is 0 Å². The van der Waals surface area contributed by atoms with E-state index in [0.717, 1.165) is 49.7 Å². The van der Waals surface area contributed by atoms with E-state index in [0.29, 0.717) is 6.61 Å². The van der Waals surface area contributed by atoms with E-state index in [1.54, 1.807) is 7.11 Å². The summed E-state index contributed by atoms with van der Waals surface area (Å²) in [6, 6.07) is 0. The molecule has 6 nitrogen and oxygen atoms in total. The van der Waals surface area contributed by atoms with Crippen LogP contribution in [0.5, 0.6) is 0 Å². The largest absolute Gasteiger partial charge is 0.383 e. The Morgan fingerprint density at radius 1 is 1.35 bits per heavy atom. The molecule has 26 heavy (non-hydrogen) atoms. The molecule has 6 heteroatoms. The summed E-state index contributed by atoms with van der Waals surface area (Å²) in [5, 5.41) is 8.22. The fourth-order valence-electron chi connectivity index (χ4n) is 4.20. The third-order valence-corrected chi connectivity index (χ3v) is 5.91. The Morgan fingerprint density at radius 3 is 2.69 bits per heavy atom. The predicted octanol–water partition coefficient (Wildman–Crippen LogP) is 2.98. The van der Waals surface area contributed by atoms with Crippen LogP contribution in [0.15, 0.2) is 4.99 Å². The summed E-state index contributed by atoms with van der Waals surface area (Å²) in [7, 11) is 3.61. The molecule has 0 spiro atoms. The van der Waals surface area contributed by atoms with Gasteiger partial charge in [0.15, 0.2) is 5.96 Å². The molecule has 0 aromatic carbocycles. The fourth-order valence-corrected chi connectivity index (χ4v) is 4.20. The van der Waals surface area contributed by atoms with E-state index in [1.807, 2.05) is 11.7 Å². The summed E-state index contributed by atoms with van der Waals surface area (Å²) in [6.07, 6.45) is 3.83. The zero-order valence-electron chi connectivity index (χ0n) is 17.5. The molecular formula is C20H37N5O. The summed E-state index contributed by atoms with van der Waals surface area (Å²) in [5.74, 6) is 2.65. The zero-order chi connectivity index (χ0) is 19.1. The summed E-state index contributed by atoms with van der Waals surface area (Å²) < 4.78 is 7.22. The normalized spacial score (nSPS) is 18.2. The van der Waals surface area contributed by atoms with Gasteiger partial charge in [-0.2, -0.15) is 5.10 Å². The molecule has 1 N–H and O–H groups in total. The van der Waals surface area contributed by atoms with Gasteiger partial charge in [0.05, 0.1) is 18.8 Å². The molecule has 0 saturated carbocycles. The van der Waals surface area contributed by atoms with E-state index in [-0.39, 0.29) is 0 Å². The molecule has 0 radical (unpaired) electrons. The molecule has 1 aromatic rings. The highest BCUT2D eigenvalue weighted by molar-refractivity contribution is 5.80. The molecular weight excluding hydrogens is 326 g/mol. The Morgan fingerprint density at radius 2 is 2.08 bits per heavy atom. The van der Waals surface area contributed by atoms with Gasteiger partial charge in [0.25, 0.3) is 0 Å². The van der Waals surface area contributed by atoms with Gasteiger partial charge < -0.3 is 15.0 Å². The van der Waals surface area contributed by atoms with Crippen LogP contribution in [0.2, 0.25) is 0 Å². The molecule has 1 aliphatic heterocycles. The molecule has 2 rings (SSSR count). The van der Waals surface area contributed by atoms with Crippen molar-refractivity contribution in [3.8, 4) is 0 Å². The van der Waals surface area contributed by atoms with Crippen LogP contribution in [0, 0.1) is 25.7 Å². The maximum absolute atomic E-state index is 5.18. The van der Waals surface area contributed by atoms with Crippen LogP contribution in [-0.4, -0.2) is 54.5 Å². The number of hydrogen-bond acceptors (Lipinski definition) is 3. The highest BCUT2D eigenvalue weighted by Gasteiger charge is 2.29. The minimum Gasteiger partial charge on any atom is -0.383 e. The third-order valence-electron chi connectivity index (χ3n) is 5.91. The van der Waals surface area contributed by atoms with Crippen LogP contribution in [0.3, 0.4) is 0 Å². The first kappa shape index (κ1) is 20.7. The number of nitrogens with zero attached hydrogens (tertiary/aromatic N) is 4. The highest BCUT2D eigenvalue weighted by atomic mass is 16.5. The monoisotopic (exact) mass is 363 g/mol. The van der Waals surface area contributed by atoms with Crippen LogP contribution in [0.1, 0.15) is 50.1 Å². The van der Waals surface area contributed by atoms with Gasteiger partial charge in [0, 0.05) is 45.0 Å². The Balaban J connectivity index is 1.97. The van der Waals surface area contributed by atoms with Gasteiger partial charge in [-0.3, -0.25) is 9.67 Å². The smallest absolute Gasteiger partial charge is 0.193 e. The summed E-state index contributed by atoms with van der Waals surface area (Å²) in [5.41, 5.74) is 3.55. The van der Waals surface area contributed by atoms with Gasteiger partial charge in [-0.15, -0.1) is 0 Å². The fraction of sp³-hybridized carbons (Fsp3) is 0.800. The Bertz CT molecular complexity index is 591. The number of aromatic nitrogens is 2. The van der Waals surface area contributed by atoms with Crippen LogP contribution >= 0.6 is 0 Å². The van der Waals surface area contributed by atoms with Crippen molar-refractivity contribution in [2.45, 2.75) is 60.0 Å². The van der Waals surface area contributed by atoms with E-state index < -0.39 is 0 Å². The van der Waals surface area contributed by atoms with Gasteiger partial charge in [0.2, 0.25) is 0 Å². The van der Waals surface area contributed by atoms with E-state index in [9.17, 15) is 0 Å². The lowest BCUT2D eigenvalue weighted by Gasteiger charge is -2.24. The number of guanidine groups is 1. The molecule has 1 saturated heterocycles. The number of hydrogen-bond donors (Lipinski definition) is 1. The van der Waals surface area contributed by atoms with Crippen molar-refractivity contribution in [3.63, 3.8) is 0 Å². The van der Waals surface area contributed by atoms with Crippen LogP contribution in [0.4, 0.5) is 0 Å². The molecule has 1 aromatic heterocycles. The summed E-state index contributed by atoms with van der Waals surface area (Å²) in [6.45, 7) is 13.3. The van der Waals surface area contributed by atoms with E-state index in [1.165, 1.54) is 30.5 Å². The van der Waals surface area contributed by atoms with Gasteiger partial charge in [-0.1, -0.05) is 26.7 Å². The maximum Gasteiger partial charge on any atom is 0.193 e. The lowest BCUT2D eigenvalue weighted by Crippen LogP contribution is -2.40. The highest BCUT2D eigenvalue weighted by Crippen LogP contribution is 2.28. The molecule has 148 valence electrons. The maximum atomic E-state index is 5.18. The molecule has 0 aliphatic carbocycles. The first-order chi connectivity index (χ1) is 12.5. The molecule has 1 atom stereocenters. The molecule has 0 amide bonds. The number of aryl methyl sites for hydroxylation is 1. The van der Waals surface area contributed by atoms with Crippen LogP contribution < -0.4 is 5.32 Å². The summed E-state index contributed by atoms with van der Waals surface area (Å²) >= 11 is 0. The number of nitrogens with one attached hydrogen (secondary N) is 1. The lowest BCUT2D eigenvalue weighted by molar-refractivity contribution is 0.182. The third kappa shape index (κ3) is 4.78. The first-order valence-corrected chi connectivity index (χ1v) is 10.0. The SMILES string of the molecule is CCC(CC)C1CCN(C(=NC)NCc2c(C)nn(CCOC)c2C)C1. The second-order valence-corrected chi connectivity index (χ2v) is 7.34. The second-order valence-electron chi connectivity index (χ2n) is 7.34. The average Bonchev–Trinajstić information content (AvgIpc) is 3.21. The van der Waals surface area contributed by atoms with Crippen molar-refractivity contribution in [1.29, 1.82) is 0 Å². The Kier molecular flexibility index (Phi) is 7.94. The standard InChI is InChI=1S/C20H37N5O/c1-7-17(8-2)18-9-10-24(14-18)20(21-5)22-13-19-15(3)23-25(16(19)4)11-12-26-6/h17-18H,7-14H2,1-6H3,(H,21,22). The topological polar surface area (TPSA) is 54.7 Å². The van der Waals surface area contributed by atoms with Gasteiger partial charge in [-0.25, -0.2) is 0 Å². The quantitative estimate of drug-likeness (QED) is 0.570. The molecule has 2 heterocycles. The first-order valence-electron chi connectivity index (χ1n) is 10.0. The number of likely N-dealkylation sites (tertiary alicyclic amines) is 1. The van der Waals surface area contributed by atoms with Crippen molar-refractivity contribution in [2.75, 3.05) is 33.9 Å². The van der Waals surface area contributed by atoms with Crippen LogP contribution in [-0.2, 0) is 17.8 Å². The van der Waals surface area contributed by atoms with Crippen molar-refractivity contribution in [3.05, 3.63) is 17.0 Å². The van der Waals surface area contributed by atoms with Crippen molar-refractivity contribution in [2.24, 2.45) is 16.8 Å². The van der Waals surface area contributed by atoms with Crippen molar-refractivity contribution >= 4 is 5.96 Å². The molecule has 1 fully saturated rings. The Hall–Kier alpha value is -1.56. The van der Waals surface area contributed by atoms with Gasteiger partial charge in [0.1, 0.15) is 0 Å². The zero-order valence-corrected chi connectivity index (χ0v) is 17.5. The second kappa shape index (κ2) is 9.95. The van der Waals surface area contributed by atoms with E-state index in [4.69, 9.17) is 4.74 Å². The van der Waals surface area contributed by atoms with E-state index >= 15 is 0 Å². The Labute approximate surface area is 159 Å². The predicted molar refractivity (Wildman–Crippen MR) is 108 cm³/mol. The lowest BCUT2D eigenvalue weighted by atomic mass is 9.87. The minimum atomic E-state index is 0.682. The number of ether oxygens (including phenoxy) is 1. The average molecular weight is 364 g/mol. The molecule has 1 unspecified atom stereocenters. The number of rotatable bonds is 8. The van der Waals surface area contributed by atoms with Crippen molar-refractivity contribution in [1.82, 2.24) is 20.0 Å². The van der Waals surface area contributed by atoms with Gasteiger partial charge in [-0.05, 0) is 32.1 Å². The molecule has 1 aliphatic rings. The van der Waals surface area contributed by atoms with Crippen molar-refractivity contribution < 1.29 is 4.74 Å². The minimum absolute atomic E-state index is 0.682. The number of aliphatic imine (C=N–C) groups is 1. The van der Waals surface area contributed by atoms with Gasteiger partial charge >= 0.3 is 0 Å². The van der Waals surface area contributed by atoms with E-state index in [2.05, 4.69) is 48.0 Å².